The second kappa shape index (κ2) is 14.2. The molecular formula is C36H50N6O4. The smallest absolute Gasteiger partial charge is 0.405 e. The van der Waals surface area contributed by atoms with Crippen molar-refractivity contribution in [1.82, 2.24) is 19.7 Å². The van der Waals surface area contributed by atoms with Gasteiger partial charge in [-0.3, -0.25) is 19.4 Å². The molecule has 0 bridgehead atoms. The van der Waals surface area contributed by atoms with E-state index < -0.39 is 11.7 Å². The first-order chi connectivity index (χ1) is 21.9. The normalized spacial score (nSPS) is 22.0. The first-order valence-electron chi connectivity index (χ1n) is 16.8. The molecule has 0 radical (unpaired) electrons. The van der Waals surface area contributed by atoms with Gasteiger partial charge in [0.05, 0.1) is 19.0 Å². The van der Waals surface area contributed by atoms with Crippen molar-refractivity contribution in [2.24, 2.45) is 23.5 Å². The molecule has 10 heteroatoms. The van der Waals surface area contributed by atoms with Gasteiger partial charge in [0.1, 0.15) is 17.2 Å². The number of nitrogens with two attached hydrogens (primary N) is 1. The van der Waals surface area contributed by atoms with Crippen LogP contribution < -0.4 is 15.4 Å². The predicted molar refractivity (Wildman–Crippen MR) is 179 cm³/mol. The lowest BCUT2D eigenvalue weighted by atomic mass is 9.74. The molecule has 2 aliphatic carbocycles. The van der Waals surface area contributed by atoms with Crippen LogP contribution in [-0.2, 0) is 9.53 Å². The maximum atomic E-state index is 14.4. The molecule has 2 aliphatic rings. The number of ether oxygens (including phenoxy) is 2. The van der Waals surface area contributed by atoms with Crippen molar-refractivity contribution in [2.45, 2.75) is 104 Å². The number of rotatable bonds is 10. The van der Waals surface area contributed by atoms with Crippen LogP contribution in [0.5, 0.6) is 5.75 Å². The van der Waals surface area contributed by atoms with Crippen LogP contribution in [0, 0.1) is 24.7 Å². The zero-order chi connectivity index (χ0) is 33.0. The van der Waals surface area contributed by atoms with Crippen LogP contribution >= 0.6 is 0 Å². The maximum Gasteiger partial charge on any atom is 0.405 e. The zero-order valence-corrected chi connectivity index (χ0v) is 28.2. The third kappa shape index (κ3) is 7.70. The second-order valence-corrected chi connectivity index (χ2v) is 14.0. The van der Waals surface area contributed by atoms with Crippen LogP contribution in [0.4, 0.5) is 10.6 Å². The van der Waals surface area contributed by atoms with Crippen LogP contribution in [0.2, 0.25) is 0 Å². The highest BCUT2D eigenvalue weighted by Gasteiger charge is 2.39. The summed E-state index contributed by atoms with van der Waals surface area (Å²) >= 11 is 0. The molecule has 3 aromatic heterocycles. The first kappa shape index (κ1) is 33.4. The highest BCUT2D eigenvalue weighted by Crippen LogP contribution is 2.40. The molecule has 0 spiro atoms. The molecule has 0 atom stereocenters. The van der Waals surface area contributed by atoms with E-state index in [-0.39, 0.29) is 23.8 Å². The minimum atomic E-state index is -0.758. The monoisotopic (exact) mass is 630 g/mol. The number of hydrogen-bond acceptors (Lipinski definition) is 7. The van der Waals surface area contributed by atoms with Crippen molar-refractivity contribution < 1.29 is 19.1 Å². The van der Waals surface area contributed by atoms with E-state index in [1.54, 1.807) is 13.3 Å². The SMILES string of the molecule is COc1ccc([C@H]2CC[C@H](CN(c3cc(-c4cnn(C(C)C)c4)ccn3)C(=O)[C@H]3CC[C@H](C(C)(C)OC(N)=O)CC3)CC2)nc1C. The largest absolute Gasteiger partial charge is 0.495 e. The molecule has 248 valence electrons. The summed E-state index contributed by atoms with van der Waals surface area (Å²) in [5.74, 6) is 2.45. The van der Waals surface area contributed by atoms with E-state index in [0.717, 1.165) is 79.6 Å². The summed E-state index contributed by atoms with van der Waals surface area (Å²) in [7, 11) is 1.68. The topological polar surface area (TPSA) is 125 Å². The summed E-state index contributed by atoms with van der Waals surface area (Å²) < 4.78 is 12.8. The van der Waals surface area contributed by atoms with Crippen LogP contribution in [-0.4, -0.2) is 51.0 Å². The minimum absolute atomic E-state index is 0.113. The van der Waals surface area contributed by atoms with E-state index in [1.165, 1.54) is 0 Å². The molecule has 0 aliphatic heterocycles. The van der Waals surface area contributed by atoms with Crippen molar-refractivity contribution >= 4 is 17.8 Å². The number of aromatic nitrogens is 4. The Bertz CT molecular complexity index is 1500. The number of aryl methyl sites for hydroxylation is 1. The number of primary amides is 1. The zero-order valence-electron chi connectivity index (χ0n) is 28.2. The Morgan fingerprint density at radius 3 is 2.37 bits per heavy atom. The van der Waals surface area contributed by atoms with Gasteiger partial charge in [-0.15, -0.1) is 0 Å². The summed E-state index contributed by atoms with van der Waals surface area (Å²) in [6.07, 6.45) is 12.1. The number of pyridine rings is 2. The molecule has 3 aromatic rings. The van der Waals surface area contributed by atoms with Crippen molar-refractivity contribution in [3.8, 4) is 16.9 Å². The molecule has 0 saturated heterocycles. The molecule has 2 fully saturated rings. The summed E-state index contributed by atoms with van der Waals surface area (Å²) in [4.78, 5) is 37.4. The number of amides is 2. The van der Waals surface area contributed by atoms with Crippen LogP contribution in [0.3, 0.4) is 0 Å². The number of hydrogen-bond donors (Lipinski definition) is 1. The number of nitrogens with zero attached hydrogens (tertiary/aromatic N) is 5. The van der Waals surface area contributed by atoms with Crippen molar-refractivity contribution in [2.75, 3.05) is 18.6 Å². The van der Waals surface area contributed by atoms with Gasteiger partial charge in [-0.25, -0.2) is 9.78 Å². The van der Waals surface area contributed by atoms with Gasteiger partial charge in [0.25, 0.3) is 0 Å². The van der Waals surface area contributed by atoms with Gasteiger partial charge in [0.2, 0.25) is 5.91 Å². The highest BCUT2D eigenvalue weighted by molar-refractivity contribution is 5.94. The van der Waals surface area contributed by atoms with E-state index in [1.807, 2.05) is 60.9 Å². The van der Waals surface area contributed by atoms with E-state index in [0.29, 0.717) is 24.2 Å². The summed E-state index contributed by atoms with van der Waals surface area (Å²) in [6.45, 7) is 10.7. The van der Waals surface area contributed by atoms with E-state index in [4.69, 9.17) is 25.2 Å². The third-order valence-corrected chi connectivity index (χ3v) is 10.2. The molecule has 0 unspecified atom stereocenters. The molecule has 46 heavy (non-hydrogen) atoms. The first-order valence-corrected chi connectivity index (χ1v) is 16.8. The maximum absolute atomic E-state index is 14.4. The Morgan fingerprint density at radius 1 is 1.04 bits per heavy atom. The molecular weight excluding hydrogens is 580 g/mol. The molecule has 0 aromatic carbocycles. The summed E-state index contributed by atoms with van der Waals surface area (Å²) in [5.41, 5.74) is 8.72. The fraction of sp³-hybridized carbons (Fsp3) is 0.583. The molecule has 3 heterocycles. The number of methoxy groups -OCH3 is 1. The van der Waals surface area contributed by atoms with Gasteiger partial charge < -0.3 is 15.2 Å². The Morgan fingerprint density at radius 2 is 1.76 bits per heavy atom. The second-order valence-electron chi connectivity index (χ2n) is 14.0. The van der Waals surface area contributed by atoms with E-state index in [2.05, 4.69) is 25.0 Å². The van der Waals surface area contributed by atoms with Crippen molar-refractivity contribution in [3.05, 3.63) is 54.2 Å². The van der Waals surface area contributed by atoms with Gasteiger partial charge in [-0.2, -0.15) is 5.10 Å². The van der Waals surface area contributed by atoms with Crippen molar-refractivity contribution in [3.63, 3.8) is 0 Å². The molecule has 10 nitrogen and oxygen atoms in total. The predicted octanol–water partition coefficient (Wildman–Crippen LogP) is 7.23. The molecule has 2 amide bonds. The van der Waals surface area contributed by atoms with Gasteiger partial charge in [-0.1, -0.05) is 0 Å². The molecule has 5 rings (SSSR count). The number of carbonyl (C=O) groups excluding carboxylic acids is 2. The van der Waals surface area contributed by atoms with Crippen LogP contribution in [0.1, 0.15) is 102 Å². The molecule has 2 saturated carbocycles. The average molecular weight is 631 g/mol. The van der Waals surface area contributed by atoms with Crippen molar-refractivity contribution in [1.29, 1.82) is 0 Å². The van der Waals surface area contributed by atoms with E-state index >= 15 is 0 Å². The fourth-order valence-electron chi connectivity index (χ4n) is 7.32. The third-order valence-electron chi connectivity index (χ3n) is 10.2. The summed E-state index contributed by atoms with van der Waals surface area (Å²) in [6, 6.07) is 8.38. The number of anilines is 1. The van der Waals surface area contributed by atoms with Crippen LogP contribution in [0.15, 0.2) is 42.9 Å². The Labute approximate surface area is 273 Å². The highest BCUT2D eigenvalue weighted by atomic mass is 16.6. The number of carbonyl (C=O) groups is 2. The quantitative estimate of drug-likeness (QED) is 0.251. The Hall–Kier alpha value is -3.95. The fourth-order valence-corrected chi connectivity index (χ4v) is 7.32. The summed E-state index contributed by atoms with van der Waals surface area (Å²) in [5, 5.41) is 4.53. The van der Waals surface area contributed by atoms with Gasteiger partial charge in [0.15, 0.2) is 0 Å². The van der Waals surface area contributed by atoms with E-state index in [9.17, 15) is 9.59 Å². The standard InChI is InChI=1S/C36H50N6O4/c1-23(2)42-22-29(20-39-42)28-17-18-38-33(19-28)41(34(43)27-11-13-30(14-12-27)36(4,5)46-35(37)44)21-25-7-9-26(10-8-25)31-15-16-32(45-6)24(3)40-31/h15-20,22-23,25-27,30H,7-14,21H2,1-6H3,(H2,37,44)/t25-,26-,27-,30-. The Kier molecular flexibility index (Phi) is 10.3. The lowest BCUT2D eigenvalue weighted by Gasteiger charge is -2.39. The van der Waals surface area contributed by atoms with Crippen LogP contribution in [0.25, 0.3) is 11.1 Å². The van der Waals surface area contributed by atoms with Gasteiger partial charge >= 0.3 is 6.09 Å². The lowest BCUT2D eigenvalue weighted by molar-refractivity contribution is -0.124. The average Bonchev–Trinajstić information content (AvgIpc) is 3.54. The Balaban J connectivity index is 1.33. The minimum Gasteiger partial charge on any atom is -0.495 e. The van der Waals surface area contributed by atoms with Gasteiger partial charge in [0, 0.05) is 48.1 Å². The molecule has 2 N–H and O–H groups in total. The van der Waals surface area contributed by atoms with Gasteiger partial charge in [-0.05, 0) is 128 Å². The lowest BCUT2D eigenvalue weighted by Crippen LogP contribution is -2.44.